The van der Waals surface area contributed by atoms with Crippen LogP contribution in [0.2, 0.25) is 0 Å². The molecule has 0 saturated carbocycles. The highest BCUT2D eigenvalue weighted by atomic mass is 16.1. The molecular formula is C20H18N2O. The molecule has 0 spiro atoms. The molecule has 3 heteroatoms. The second-order valence-corrected chi connectivity index (χ2v) is 5.47. The third kappa shape index (κ3) is 3.40. The van der Waals surface area contributed by atoms with Crippen molar-refractivity contribution in [1.82, 2.24) is 0 Å². The van der Waals surface area contributed by atoms with Crippen molar-refractivity contribution < 1.29 is 4.79 Å². The van der Waals surface area contributed by atoms with Crippen LogP contribution in [0.4, 0.5) is 17.1 Å². The zero-order chi connectivity index (χ0) is 16.2. The van der Waals surface area contributed by atoms with Crippen molar-refractivity contribution in [3.05, 3.63) is 89.5 Å². The van der Waals surface area contributed by atoms with Gasteiger partial charge in [-0.3, -0.25) is 4.79 Å². The standard InChI is InChI=1S/C20H18N2O/c1-14-13-17(21)9-12-19(14)22-18-10-7-16(8-11-18)20(23)15-5-3-2-4-6-15/h2-13,22H,21H2,1H3. The van der Waals surface area contributed by atoms with Crippen molar-refractivity contribution in [3.8, 4) is 0 Å². The van der Waals surface area contributed by atoms with E-state index in [2.05, 4.69) is 5.32 Å². The number of carbonyl (C=O) groups excluding carboxylic acids is 1. The van der Waals surface area contributed by atoms with E-state index in [0.717, 1.165) is 22.6 Å². The third-order valence-corrected chi connectivity index (χ3v) is 3.71. The van der Waals surface area contributed by atoms with Gasteiger partial charge in [-0.05, 0) is 55.0 Å². The zero-order valence-corrected chi connectivity index (χ0v) is 12.9. The van der Waals surface area contributed by atoms with Gasteiger partial charge in [0, 0.05) is 28.2 Å². The molecule has 0 fully saturated rings. The van der Waals surface area contributed by atoms with E-state index >= 15 is 0 Å². The number of nitrogens with one attached hydrogen (secondary N) is 1. The topological polar surface area (TPSA) is 55.1 Å². The number of hydrogen-bond donors (Lipinski definition) is 2. The minimum absolute atomic E-state index is 0.0285. The Morgan fingerprint density at radius 1 is 0.870 bits per heavy atom. The molecule has 0 aliphatic carbocycles. The van der Waals surface area contributed by atoms with Gasteiger partial charge in [0.1, 0.15) is 0 Å². The molecule has 0 atom stereocenters. The molecule has 0 bridgehead atoms. The fraction of sp³-hybridized carbons (Fsp3) is 0.0500. The van der Waals surface area contributed by atoms with Crippen molar-refractivity contribution in [3.63, 3.8) is 0 Å². The van der Waals surface area contributed by atoms with E-state index in [9.17, 15) is 4.79 Å². The molecule has 0 aromatic heterocycles. The molecule has 0 radical (unpaired) electrons. The summed E-state index contributed by atoms with van der Waals surface area (Å²) in [5.41, 5.74) is 10.9. The molecule has 3 aromatic rings. The summed E-state index contributed by atoms with van der Waals surface area (Å²) in [5.74, 6) is 0.0285. The second-order valence-electron chi connectivity index (χ2n) is 5.47. The van der Waals surface area contributed by atoms with E-state index in [0.29, 0.717) is 11.1 Å². The monoisotopic (exact) mass is 302 g/mol. The van der Waals surface area contributed by atoms with Crippen LogP contribution in [0.5, 0.6) is 0 Å². The molecule has 114 valence electrons. The third-order valence-electron chi connectivity index (χ3n) is 3.71. The molecule has 0 aliphatic heterocycles. The van der Waals surface area contributed by atoms with Crippen molar-refractivity contribution in [2.24, 2.45) is 0 Å². The van der Waals surface area contributed by atoms with E-state index < -0.39 is 0 Å². The molecule has 23 heavy (non-hydrogen) atoms. The van der Waals surface area contributed by atoms with Crippen LogP contribution in [0, 0.1) is 6.92 Å². The van der Waals surface area contributed by atoms with Crippen molar-refractivity contribution in [2.75, 3.05) is 11.1 Å². The Morgan fingerprint density at radius 2 is 1.52 bits per heavy atom. The van der Waals surface area contributed by atoms with E-state index in [1.165, 1.54) is 0 Å². The smallest absolute Gasteiger partial charge is 0.193 e. The van der Waals surface area contributed by atoms with Gasteiger partial charge in [-0.25, -0.2) is 0 Å². The highest BCUT2D eigenvalue weighted by Crippen LogP contribution is 2.23. The normalized spacial score (nSPS) is 10.3. The molecule has 0 aliphatic rings. The van der Waals surface area contributed by atoms with Crippen LogP contribution in [0.3, 0.4) is 0 Å². The van der Waals surface area contributed by atoms with Gasteiger partial charge in [-0.2, -0.15) is 0 Å². The first kappa shape index (κ1) is 14.9. The summed E-state index contributed by atoms with van der Waals surface area (Å²) in [6, 6.07) is 22.5. The fourth-order valence-electron chi connectivity index (χ4n) is 2.44. The lowest BCUT2D eigenvalue weighted by Gasteiger charge is -2.10. The molecule has 0 heterocycles. The van der Waals surface area contributed by atoms with Gasteiger partial charge in [0.25, 0.3) is 0 Å². The average molecular weight is 302 g/mol. The number of hydrogen-bond acceptors (Lipinski definition) is 3. The maximum absolute atomic E-state index is 12.4. The van der Waals surface area contributed by atoms with E-state index in [1.54, 1.807) is 0 Å². The van der Waals surface area contributed by atoms with Crippen molar-refractivity contribution in [2.45, 2.75) is 6.92 Å². The molecular weight excluding hydrogens is 284 g/mol. The van der Waals surface area contributed by atoms with Crippen LogP contribution in [0.25, 0.3) is 0 Å². The molecule has 0 saturated heterocycles. The van der Waals surface area contributed by atoms with Gasteiger partial charge >= 0.3 is 0 Å². The SMILES string of the molecule is Cc1cc(N)ccc1Nc1ccc(C(=O)c2ccccc2)cc1. The van der Waals surface area contributed by atoms with Crippen molar-refractivity contribution >= 4 is 22.8 Å². The van der Waals surface area contributed by atoms with Crippen LogP contribution in [0.15, 0.2) is 72.8 Å². The summed E-state index contributed by atoms with van der Waals surface area (Å²) >= 11 is 0. The molecule has 0 amide bonds. The van der Waals surface area contributed by atoms with Gasteiger partial charge in [-0.1, -0.05) is 30.3 Å². The number of carbonyl (C=O) groups is 1. The number of benzene rings is 3. The number of anilines is 3. The lowest BCUT2D eigenvalue weighted by atomic mass is 10.0. The second kappa shape index (κ2) is 6.36. The van der Waals surface area contributed by atoms with Crippen LogP contribution >= 0.6 is 0 Å². The van der Waals surface area contributed by atoms with Crippen LogP contribution < -0.4 is 11.1 Å². The lowest BCUT2D eigenvalue weighted by Crippen LogP contribution is -2.01. The van der Waals surface area contributed by atoms with Gasteiger partial charge in [0.05, 0.1) is 0 Å². The zero-order valence-electron chi connectivity index (χ0n) is 12.9. The first-order valence-electron chi connectivity index (χ1n) is 7.46. The Bertz CT molecular complexity index is 824. The van der Waals surface area contributed by atoms with Gasteiger partial charge in [0.2, 0.25) is 0 Å². The van der Waals surface area contributed by atoms with E-state index in [1.807, 2.05) is 79.7 Å². The minimum Gasteiger partial charge on any atom is -0.399 e. The molecule has 0 unspecified atom stereocenters. The van der Waals surface area contributed by atoms with Gasteiger partial charge in [0.15, 0.2) is 5.78 Å². The summed E-state index contributed by atoms with van der Waals surface area (Å²) < 4.78 is 0. The Kier molecular flexibility index (Phi) is 4.11. The summed E-state index contributed by atoms with van der Waals surface area (Å²) in [6.45, 7) is 2.01. The minimum atomic E-state index is 0.0285. The Hall–Kier alpha value is -3.07. The molecule has 3 aromatic carbocycles. The first-order valence-corrected chi connectivity index (χ1v) is 7.46. The van der Waals surface area contributed by atoms with Crippen molar-refractivity contribution in [1.29, 1.82) is 0 Å². The number of rotatable bonds is 4. The van der Waals surface area contributed by atoms with Crippen LogP contribution in [-0.4, -0.2) is 5.78 Å². The summed E-state index contributed by atoms with van der Waals surface area (Å²) in [6.07, 6.45) is 0. The van der Waals surface area contributed by atoms with Crippen LogP contribution in [-0.2, 0) is 0 Å². The number of ketones is 1. The molecule has 3 rings (SSSR count). The van der Waals surface area contributed by atoms with E-state index in [4.69, 9.17) is 5.73 Å². The maximum Gasteiger partial charge on any atom is 0.193 e. The van der Waals surface area contributed by atoms with Crippen LogP contribution in [0.1, 0.15) is 21.5 Å². The predicted octanol–water partition coefficient (Wildman–Crippen LogP) is 4.55. The molecule has 3 N–H and O–H groups in total. The van der Waals surface area contributed by atoms with E-state index in [-0.39, 0.29) is 5.78 Å². The average Bonchev–Trinajstić information content (AvgIpc) is 2.58. The number of aryl methyl sites for hydroxylation is 1. The summed E-state index contributed by atoms with van der Waals surface area (Å²) in [4.78, 5) is 12.4. The predicted molar refractivity (Wildman–Crippen MR) is 95.2 cm³/mol. The quantitative estimate of drug-likeness (QED) is 0.549. The Balaban J connectivity index is 1.78. The highest BCUT2D eigenvalue weighted by Gasteiger charge is 2.08. The fourth-order valence-corrected chi connectivity index (χ4v) is 2.44. The molecule has 3 nitrogen and oxygen atoms in total. The summed E-state index contributed by atoms with van der Waals surface area (Å²) in [5, 5.41) is 3.34. The maximum atomic E-state index is 12.4. The van der Waals surface area contributed by atoms with Gasteiger partial charge in [-0.15, -0.1) is 0 Å². The first-order chi connectivity index (χ1) is 11.1. The Labute approximate surface area is 135 Å². The summed E-state index contributed by atoms with van der Waals surface area (Å²) in [7, 11) is 0. The Morgan fingerprint density at radius 3 is 2.17 bits per heavy atom. The highest BCUT2D eigenvalue weighted by molar-refractivity contribution is 6.09. The van der Waals surface area contributed by atoms with Gasteiger partial charge < -0.3 is 11.1 Å². The lowest BCUT2D eigenvalue weighted by molar-refractivity contribution is 0.103. The largest absolute Gasteiger partial charge is 0.399 e. The number of nitrogens with two attached hydrogens (primary N) is 1. The number of nitrogen functional groups attached to an aromatic ring is 1.